The zero-order valence-electron chi connectivity index (χ0n) is 13.0. The van der Waals surface area contributed by atoms with Gasteiger partial charge in [0.25, 0.3) is 0 Å². The number of rotatable bonds is 0. The fourth-order valence-corrected chi connectivity index (χ4v) is 5.94. The lowest BCUT2D eigenvalue weighted by molar-refractivity contribution is -0.0356. The van der Waals surface area contributed by atoms with Gasteiger partial charge in [0.15, 0.2) is 0 Å². The van der Waals surface area contributed by atoms with Gasteiger partial charge in [0, 0.05) is 0 Å². The molecule has 1 aromatic rings. The molecule has 4 rings (SSSR count). The van der Waals surface area contributed by atoms with Crippen LogP contribution < -0.4 is 0 Å². The quantitative estimate of drug-likeness (QED) is 0.760. The van der Waals surface area contributed by atoms with E-state index in [0.717, 1.165) is 19.3 Å². The molecule has 114 valence electrons. The van der Waals surface area contributed by atoms with Crippen LogP contribution in [0.25, 0.3) is 0 Å². The van der Waals surface area contributed by atoms with E-state index >= 15 is 0 Å². The first-order valence-electron chi connectivity index (χ1n) is 8.50. The van der Waals surface area contributed by atoms with Crippen LogP contribution in [0.5, 0.6) is 5.75 Å². The molecule has 3 aliphatic rings. The van der Waals surface area contributed by atoms with E-state index in [4.69, 9.17) is 0 Å². The van der Waals surface area contributed by atoms with Crippen LogP contribution in [0.2, 0.25) is 0 Å². The van der Waals surface area contributed by atoms with Crippen molar-refractivity contribution in [3.05, 3.63) is 29.3 Å². The number of phenols is 1. The van der Waals surface area contributed by atoms with Crippen LogP contribution in [0.3, 0.4) is 0 Å². The minimum Gasteiger partial charge on any atom is -0.508 e. The van der Waals surface area contributed by atoms with Crippen LogP contribution in [0.1, 0.15) is 56.6 Å². The number of aliphatic hydroxyl groups excluding tert-OH is 1. The highest BCUT2D eigenvalue weighted by atomic mass is 16.3. The number of phenolic OH excluding ortho intramolecular Hbond substituents is 1. The topological polar surface area (TPSA) is 40.5 Å². The SMILES string of the molecule is CC1Cc2cc(O)ccc2C2CCC3(C)C(CC[C@@H]3O)C12. The minimum absolute atomic E-state index is 0.100. The standard InChI is InChI=1S/C19H26O2/c1-11-9-12-10-13(20)3-4-14(12)15-7-8-19(2)16(18(11)15)5-6-17(19)21/h3-4,10-11,15-18,20-21H,5-9H2,1-2H3/t11?,15?,16?,17-,18?,19?/m0/s1. The molecule has 0 aliphatic heterocycles. The van der Waals surface area contributed by atoms with E-state index in [2.05, 4.69) is 19.9 Å². The van der Waals surface area contributed by atoms with Crippen LogP contribution in [-0.2, 0) is 6.42 Å². The fraction of sp³-hybridized carbons (Fsp3) is 0.684. The van der Waals surface area contributed by atoms with Gasteiger partial charge in [-0.1, -0.05) is 19.9 Å². The summed E-state index contributed by atoms with van der Waals surface area (Å²) >= 11 is 0. The van der Waals surface area contributed by atoms with Gasteiger partial charge in [0.1, 0.15) is 5.75 Å². The van der Waals surface area contributed by atoms with Crippen molar-refractivity contribution in [3.63, 3.8) is 0 Å². The Morgan fingerprint density at radius 2 is 2.00 bits per heavy atom. The van der Waals surface area contributed by atoms with Gasteiger partial charge in [-0.15, -0.1) is 0 Å². The highest BCUT2D eigenvalue weighted by Crippen LogP contribution is 2.62. The third kappa shape index (κ3) is 1.81. The summed E-state index contributed by atoms with van der Waals surface area (Å²) in [4.78, 5) is 0. The van der Waals surface area contributed by atoms with Gasteiger partial charge in [-0.05, 0) is 84.5 Å². The summed E-state index contributed by atoms with van der Waals surface area (Å²) in [6.07, 6.45) is 5.49. The van der Waals surface area contributed by atoms with Crippen molar-refractivity contribution >= 4 is 0 Å². The highest BCUT2D eigenvalue weighted by Gasteiger charge is 2.55. The molecule has 2 N–H and O–H groups in total. The number of aromatic hydroxyl groups is 1. The summed E-state index contributed by atoms with van der Waals surface area (Å²) in [6, 6.07) is 5.98. The highest BCUT2D eigenvalue weighted by molar-refractivity contribution is 5.40. The average molecular weight is 286 g/mol. The van der Waals surface area contributed by atoms with Crippen molar-refractivity contribution in [2.75, 3.05) is 0 Å². The number of fused-ring (bicyclic) bond motifs is 5. The van der Waals surface area contributed by atoms with Crippen molar-refractivity contribution in [3.8, 4) is 5.75 Å². The van der Waals surface area contributed by atoms with Gasteiger partial charge in [-0.25, -0.2) is 0 Å². The maximum absolute atomic E-state index is 10.5. The maximum atomic E-state index is 10.5. The summed E-state index contributed by atoms with van der Waals surface area (Å²) in [7, 11) is 0. The molecule has 0 radical (unpaired) electrons. The predicted octanol–water partition coefficient (Wildman–Crippen LogP) is 3.86. The van der Waals surface area contributed by atoms with E-state index in [1.807, 2.05) is 12.1 Å². The maximum Gasteiger partial charge on any atom is 0.115 e. The normalized spacial score (nSPS) is 44.8. The second-order valence-corrected chi connectivity index (χ2v) is 7.99. The Morgan fingerprint density at radius 3 is 2.81 bits per heavy atom. The van der Waals surface area contributed by atoms with E-state index in [1.165, 1.54) is 24.0 Å². The average Bonchev–Trinajstić information content (AvgIpc) is 2.74. The lowest BCUT2D eigenvalue weighted by atomic mass is 9.53. The van der Waals surface area contributed by atoms with E-state index in [9.17, 15) is 10.2 Å². The molecule has 0 amide bonds. The summed E-state index contributed by atoms with van der Waals surface area (Å²) < 4.78 is 0. The Kier molecular flexibility index (Phi) is 2.91. The Labute approximate surface area is 127 Å². The van der Waals surface area contributed by atoms with Crippen molar-refractivity contribution in [1.82, 2.24) is 0 Å². The van der Waals surface area contributed by atoms with Crippen LogP contribution >= 0.6 is 0 Å². The third-order valence-corrected chi connectivity index (χ3v) is 7.01. The van der Waals surface area contributed by atoms with Crippen LogP contribution in [-0.4, -0.2) is 16.3 Å². The van der Waals surface area contributed by atoms with Gasteiger partial charge in [-0.2, -0.15) is 0 Å². The molecular formula is C19H26O2. The number of aliphatic hydroxyl groups is 1. The summed E-state index contributed by atoms with van der Waals surface area (Å²) in [5, 5.41) is 20.2. The fourth-order valence-electron chi connectivity index (χ4n) is 5.94. The van der Waals surface area contributed by atoms with E-state index < -0.39 is 0 Å². The molecule has 0 aromatic heterocycles. The van der Waals surface area contributed by atoms with Crippen LogP contribution in [0, 0.1) is 23.2 Å². The predicted molar refractivity (Wildman–Crippen MR) is 83.3 cm³/mol. The Morgan fingerprint density at radius 1 is 1.19 bits per heavy atom. The molecule has 21 heavy (non-hydrogen) atoms. The van der Waals surface area contributed by atoms with Crippen LogP contribution in [0.15, 0.2) is 18.2 Å². The number of hydrogen-bond acceptors (Lipinski definition) is 2. The molecule has 2 fully saturated rings. The van der Waals surface area contributed by atoms with Crippen molar-refractivity contribution in [2.24, 2.45) is 23.2 Å². The molecule has 0 bridgehead atoms. The van der Waals surface area contributed by atoms with Crippen molar-refractivity contribution < 1.29 is 10.2 Å². The molecule has 2 heteroatoms. The second kappa shape index (κ2) is 4.49. The van der Waals surface area contributed by atoms with Crippen molar-refractivity contribution in [1.29, 1.82) is 0 Å². The Balaban J connectivity index is 1.76. The van der Waals surface area contributed by atoms with E-state index in [-0.39, 0.29) is 11.5 Å². The number of benzene rings is 1. The van der Waals surface area contributed by atoms with Crippen molar-refractivity contribution in [2.45, 2.75) is 58.0 Å². The first kappa shape index (κ1) is 13.6. The number of hydrogen-bond donors (Lipinski definition) is 2. The Bertz CT molecular complexity index is 567. The van der Waals surface area contributed by atoms with Gasteiger partial charge >= 0.3 is 0 Å². The molecule has 0 spiro atoms. The molecular weight excluding hydrogens is 260 g/mol. The van der Waals surface area contributed by atoms with Gasteiger partial charge < -0.3 is 10.2 Å². The third-order valence-electron chi connectivity index (χ3n) is 7.01. The van der Waals surface area contributed by atoms with Gasteiger partial charge in [0.05, 0.1) is 6.10 Å². The lowest BCUT2D eigenvalue weighted by Crippen LogP contribution is -2.46. The second-order valence-electron chi connectivity index (χ2n) is 7.99. The van der Waals surface area contributed by atoms with E-state index in [0.29, 0.717) is 29.4 Å². The van der Waals surface area contributed by atoms with Crippen LogP contribution in [0.4, 0.5) is 0 Å². The monoisotopic (exact) mass is 286 g/mol. The molecule has 0 heterocycles. The molecule has 5 unspecified atom stereocenters. The molecule has 0 saturated heterocycles. The van der Waals surface area contributed by atoms with Gasteiger partial charge in [-0.3, -0.25) is 0 Å². The first-order chi connectivity index (χ1) is 10.0. The first-order valence-corrected chi connectivity index (χ1v) is 8.50. The summed E-state index contributed by atoms with van der Waals surface area (Å²) in [6.45, 7) is 4.70. The van der Waals surface area contributed by atoms with E-state index in [1.54, 1.807) is 0 Å². The zero-order valence-corrected chi connectivity index (χ0v) is 13.0. The lowest BCUT2D eigenvalue weighted by Gasteiger charge is -2.52. The summed E-state index contributed by atoms with van der Waals surface area (Å²) in [5.74, 6) is 3.06. The molecule has 2 saturated carbocycles. The smallest absolute Gasteiger partial charge is 0.115 e. The summed E-state index contributed by atoms with van der Waals surface area (Å²) in [5.41, 5.74) is 2.97. The Hall–Kier alpha value is -1.02. The largest absolute Gasteiger partial charge is 0.508 e. The minimum atomic E-state index is -0.100. The zero-order chi connectivity index (χ0) is 14.8. The molecule has 6 atom stereocenters. The van der Waals surface area contributed by atoms with Gasteiger partial charge in [0.2, 0.25) is 0 Å². The molecule has 1 aromatic carbocycles. The molecule has 3 aliphatic carbocycles. The molecule has 2 nitrogen and oxygen atoms in total.